The Balaban J connectivity index is 2.26. The third-order valence-electron chi connectivity index (χ3n) is 2.86. The van der Waals surface area contributed by atoms with Gasteiger partial charge < -0.3 is 15.8 Å². The Bertz CT molecular complexity index is 674. The summed E-state index contributed by atoms with van der Waals surface area (Å²) < 4.78 is 1.02. The highest BCUT2D eigenvalue weighted by molar-refractivity contribution is 9.10. The number of aromatic nitrogens is 2. The highest BCUT2D eigenvalue weighted by Crippen LogP contribution is 2.16. The van der Waals surface area contributed by atoms with Crippen molar-refractivity contribution in [3.63, 3.8) is 0 Å². The molecule has 1 aromatic carbocycles. The lowest BCUT2D eigenvalue weighted by atomic mass is 10.2. The Hall–Kier alpha value is -2.15. The standard InChI is InChI=1S/C14H16BrN5O/c1-9-6-12(13(16)19-21)18-14(17-9)20(2)8-10-4-3-5-11(15)7-10/h3-7,21H,8H2,1-2H3,(H2,16,19). The van der Waals surface area contributed by atoms with Crippen LogP contribution in [0.1, 0.15) is 17.0 Å². The Kier molecular flexibility index (Phi) is 4.74. The first-order valence-corrected chi connectivity index (χ1v) is 7.08. The molecule has 0 aliphatic heterocycles. The van der Waals surface area contributed by atoms with Crippen molar-refractivity contribution in [2.45, 2.75) is 13.5 Å². The quantitative estimate of drug-likeness (QED) is 0.382. The third kappa shape index (κ3) is 3.91. The summed E-state index contributed by atoms with van der Waals surface area (Å²) in [6.45, 7) is 2.49. The number of nitrogens with zero attached hydrogens (tertiary/aromatic N) is 4. The number of benzene rings is 1. The second-order valence-electron chi connectivity index (χ2n) is 4.67. The van der Waals surface area contributed by atoms with E-state index >= 15 is 0 Å². The van der Waals surface area contributed by atoms with Crippen LogP contribution in [0.15, 0.2) is 40.0 Å². The lowest BCUT2D eigenvalue weighted by Gasteiger charge is -2.18. The van der Waals surface area contributed by atoms with Gasteiger partial charge in [0.2, 0.25) is 5.95 Å². The molecule has 0 fully saturated rings. The van der Waals surface area contributed by atoms with Crippen molar-refractivity contribution in [2.24, 2.45) is 10.9 Å². The molecule has 2 aromatic rings. The molecule has 3 N–H and O–H groups in total. The molecule has 0 aliphatic rings. The normalized spacial score (nSPS) is 11.5. The van der Waals surface area contributed by atoms with Crippen LogP contribution in [0.4, 0.5) is 5.95 Å². The highest BCUT2D eigenvalue weighted by atomic mass is 79.9. The molecule has 1 heterocycles. The zero-order valence-electron chi connectivity index (χ0n) is 11.8. The van der Waals surface area contributed by atoms with Gasteiger partial charge in [0.05, 0.1) is 0 Å². The van der Waals surface area contributed by atoms with Crippen LogP contribution in [0.25, 0.3) is 0 Å². The van der Waals surface area contributed by atoms with E-state index in [1.807, 2.05) is 43.1 Å². The van der Waals surface area contributed by atoms with Crippen molar-refractivity contribution in [1.82, 2.24) is 9.97 Å². The molecule has 0 radical (unpaired) electrons. The lowest BCUT2D eigenvalue weighted by Crippen LogP contribution is -2.22. The topological polar surface area (TPSA) is 87.6 Å². The van der Waals surface area contributed by atoms with Crippen molar-refractivity contribution in [3.05, 3.63) is 51.8 Å². The molecule has 21 heavy (non-hydrogen) atoms. The predicted molar refractivity (Wildman–Crippen MR) is 85.5 cm³/mol. The van der Waals surface area contributed by atoms with Gasteiger partial charge in [0.25, 0.3) is 0 Å². The summed E-state index contributed by atoms with van der Waals surface area (Å²) in [4.78, 5) is 10.6. The van der Waals surface area contributed by atoms with Gasteiger partial charge in [-0.05, 0) is 30.7 Å². The average Bonchev–Trinajstić information content (AvgIpc) is 2.45. The van der Waals surface area contributed by atoms with Gasteiger partial charge in [-0.15, -0.1) is 0 Å². The number of halogens is 1. The Labute approximate surface area is 131 Å². The summed E-state index contributed by atoms with van der Waals surface area (Å²) in [5.74, 6) is 0.495. The van der Waals surface area contributed by atoms with Crippen LogP contribution in [-0.2, 0) is 6.54 Å². The number of nitrogens with two attached hydrogens (primary N) is 1. The van der Waals surface area contributed by atoms with Crippen LogP contribution in [0.2, 0.25) is 0 Å². The minimum atomic E-state index is -0.0300. The number of aryl methyl sites for hydroxylation is 1. The van der Waals surface area contributed by atoms with E-state index in [0.717, 1.165) is 15.7 Å². The third-order valence-corrected chi connectivity index (χ3v) is 3.36. The second kappa shape index (κ2) is 6.53. The van der Waals surface area contributed by atoms with Crippen molar-refractivity contribution in [2.75, 3.05) is 11.9 Å². The van der Waals surface area contributed by atoms with E-state index in [1.54, 1.807) is 6.07 Å². The van der Waals surface area contributed by atoms with Gasteiger partial charge in [-0.3, -0.25) is 0 Å². The smallest absolute Gasteiger partial charge is 0.226 e. The maximum absolute atomic E-state index is 8.76. The molecule has 6 nitrogen and oxygen atoms in total. The van der Waals surface area contributed by atoms with Gasteiger partial charge >= 0.3 is 0 Å². The lowest BCUT2D eigenvalue weighted by molar-refractivity contribution is 0.318. The van der Waals surface area contributed by atoms with E-state index in [4.69, 9.17) is 10.9 Å². The Morgan fingerprint density at radius 1 is 1.38 bits per heavy atom. The van der Waals surface area contributed by atoms with Crippen LogP contribution in [0, 0.1) is 6.92 Å². The fourth-order valence-corrected chi connectivity index (χ4v) is 2.33. The maximum atomic E-state index is 8.76. The molecule has 0 aliphatic carbocycles. The molecular formula is C14H16BrN5O. The van der Waals surface area contributed by atoms with Gasteiger partial charge in [-0.25, -0.2) is 9.97 Å². The maximum Gasteiger partial charge on any atom is 0.226 e. The number of hydrogen-bond acceptors (Lipinski definition) is 5. The molecule has 7 heteroatoms. The summed E-state index contributed by atoms with van der Waals surface area (Å²) in [6, 6.07) is 9.69. The zero-order chi connectivity index (χ0) is 15.4. The van der Waals surface area contributed by atoms with Gasteiger partial charge in [0.1, 0.15) is 5.69 Å². The monoisotopic (exact) mass is 349 g/mol. The Morgan fingerprint density at radius 2 is 2.14 bits per heavy atom. The van der Waals surface area contributed by atoms with Gasteiger partial charge in [0, 0.05) is 23.8 Å². The van der Waals surface area contributed by atoms with E-state index in [9.17, 15) is 0 Å². The minimum absolute atomic E-state index is 0.0300. The number of amidine groups is 1. The van der Waals surface area contributed by atoms with Gasteiger partial charge in [0.15, 0.2) is 5.84 Å². The SMILES string of the molecule is Cc1cc(/C(N)=N/O)nc(N(C)Cc2cccc(Br)c2)n1. The number of oxime groups is 1. The number of rotatable bonds is 4. The van der Waals surface area contributed by atoms with Crippen LogP contribution in [-0.4, -0.2) is 28.1 Å². The van der Waals surface area contributed by atoms with E-state index in [2.05, 4.69) is 31.1 Å². The highest BCUT2D eigenvalue weighted by Gasteiger charge is 2.10. The molecule has 110 valence electrons. The average molecular weight is 350 g/mol. The van der Waals surface area contributed by atoms with Gasteiger partial charge in [-0.2, -0.15) is 0 Å². The van der Waals surface area contributed by atoms with Crippen molar-refractivity contribution < 1.29 is 5.21 Å². The molecule has 0 bridgehead atoms. The minimum Gasteiger partial charge on any atom is -0.409 e. The summed E-state index contributed by atoms with van der Waals surface area (Å²) >= 11 is 3.45. The summed E-state index contributed by atoms with van der Waals surface area (Å²) in [7, 11) is 1.89. The first-order chi connectivity index (χ1) is 9.99. The summed E-state index contributed by atoms with van der Waals surface area (Å²) in [5.41, 5.74) is 7.87. The zero-order valence-corrected chi connectivity index (χ0v) is 13.4. The van der Waals surface area contributed by atoms with E-state index < -0.39 is 0 Å². The van der Waals surface area contributed by atoms with Crippen molar-refractivity contribution in [3.8, 4) is 0 Å². The molecule has 0 spiro atoms. The molecule has 1 aromatic heterocycles. The summed E-state index contributed by atoms with van der Waals surface area (Å²) in [5, 5.41) is 11.7. The molecule has 2 rings (SSSR count). The van der Waals surface area contributed by atoms with Crippen molar-refractivity contribution in [1.29, 1.82) is 0 Å². The van der Waals surface area contributed by atoms with Gasteiger partial charge in [-0.1, -0.05) is 33.2 Å². The molecule has 0 atom stereocenters. The second-order valence-corrected chi connectivity index (χ2v) is 5.58. The first kappa shape index (κ1) is 15.2. The molecule has 0 saturated heterocycles. The fraction of sp³-hybridized carbons (Fsp3) is 0.214. The molecule has 0 saturated carbocycles. The molecular weight excluding hydrogens is 334 g/mol. The number of hydrogen-bond donors (Lipinski definition) is 2. The molecule has 0 amide bonds. The predicted octanol–water partition coefficient (Wildman–Crippen LogP) is 2.28. The fourth-order valence-electron chi connectivity index (χ4n) is 1.89. The van der Waals surface area contributed by atoms with E-state index in [-0.39, 0.29) is 5.84 Å². The van der Waals surface area contributed by atoms with Crippen LogP contribution in [0.3, 0.4) is 0 Å². The van der Waals surface area contributed by atoms with Crippen LogP contribution in [0.5, 0.6) is 0 Å². The summed E-state index contributed by atoms with van der Waals surface area (Å²) in [6.07, 6.45) is 0. The van der Waals surface area contributed by atoms with Crippen LogP contribution < -0.4 is 10.6 Å². The molecule has 0 unspecified atom stereocenters. The van der Waals surface area contributed by atoms with Crippen LogP contribution >= 0.6 is 15.9 Å². The first-order valence-electron chi connectivity index (χ1n) is 6.29. The van der Waals surface area contributed by atoms with Crippen molar-refractivity contribution >= 4 is 27.7 Å². The number of anilines is 1. The largest absolute Gasteiger partial charge is 0.409 e. The Morgan fingerprint density at radius 3 is 2.81 bits per heavy atom. The van der Waals surface area contributed by atoms with E-state index in [1.165, 1.54) is 0 Å². The van der Waals surface area contributed by atoms with E-state index in [0.29, 0.717) is 18.2 Å².